The van der Waals surface area contributed by atoms with Gasteiger partial charge in [-0.3, -0.25) is 9.59 Å². The lowest BCUT2D eigenvalue weighted by atomic mass is 9.83. The van der Waals surface area contributed by atoms with Crippen LogP contribution in [0.1, 0.15) is 89.9 Å². The van der Waals surface area contributed by atoms with Crippen LogP contribution in [0.4, 0.5) is 0 Å². The quantitative estimate of drug-likeness (QED) is 0.624. The molecule has 2 saturated carbocycles. The van der Waals surface area contributed by atoms with E-state index in [1.54, 1.807) is 0 Å². The average molecular weight is 278 g/mol. The van der Waals surface area contributed by atoms with E-state index in [2.05, 4.69) is 0 Å². The van der Waals surface area contributed by atoms with Gasteiger partial charge in [0, 0.05) is 24.7 Å². The Kier molecular flexibility index (Phi) is 6.75. The highest BCUT2D eigenvalue weighted by molar-refractivity contribution is 5.81. The molecule has 114 valence electrons. The maximum atomic E-state index is 11.7. The van der Waals surface area contributed by atoms with Crippen LogP contribution in [-0.2, 0) is 9.59 Å². The molecule has 2 heteroatoms. The monoisotopic (exact) mass is 278 g/mol. The Bertz CT molecular complexity index is 289. The summed E-state index contributed by atoms with van der Waals surface area (Å²) in [5.41, 5.74) is 0. The fourth-order valence-corrected chi connectivity index (χ4v) is 3.86. The third-order valence-corrected chi connectivity index (χ3v) is 5.22. The van der Waals surface area contributed by atoms with Crippen molar-refractivity contribution in [3.05, 3.63) is 0 Å². The van der Waals surface area contributed by atoms with Gasteiger partial charge >= 0.3 is 0 Å². The van der Waals surface area contributed by atoms with Gasteiger partial charge in [0.2, 0.25) is 0 Å². The molecule has 2 rings (SSSR count). The van der Waals surface area contributed by atoms with E-state index in [1.165, 1.54) is 38.5 Å². The van der Waals surface area contributed by atoms with Crippen molar-refractivity contribution < 1.29 is 9.59 Å². The Hall–Kier alpha value is -0.660. The summed E-state index contributed by atoms with van der Waals surface area (Å²) in [4.78, 5) is 23.4. The van der Waals surface area contributed by atoms with Crippen molar-refractivity contribution in [2.75, 3.05) is 0 Å². The maximum absolute atomic E-state index is 11.7. The van der Waals surface area contributed by atoms with E-state index in [0.717, 1.165) is 51.4 Å². The van der Waals surface area contributed by atoms with E-state index < -0.39 is 0 Å². The Morgan fingerprint density at radius 1 is 0.650 bits per heavy atom. The average Bonchev–Trinajstić information content (AvgIpc) is 2.46. The molecule has 0 aliphatic heterocycles. The Labute approximate surface area is 123 Å². The van der Waals surface area contributed by atoms with E-state index in [0.29, 0.717) is 23.4 Å². The normalized spacial score (nSPS) is 27.8. The van der Waals surface area contributed by atoms with Crippen molar-refractivity contribution in [3.8, 4) is 0 Å². The van der Waals surface area contributed by atoms with Crippen molar-refractivity contribution in [2.24, 2.45) is 11.8 Å². The fourth-order valence-electron chi connectivity index (χ4n) is 3.86. The molecule has 0 aromatic heterocycles. The van der Waals surface area contributed by atoms with Crippen LogP contribution in [0.25, 0.3) is 0 Å². The van der Waals surface area contributed by atoms with Crippen LogP contribution in [-0.4, -0.2) is 11.6 Å². The fraction of sp³-hybridized carbons (Fsp3) is 0.889. The Morgan fingerprint density at radius 3 is 1.50 bits per heavy atom. The standard InChI is InChI=1S/C18H30O2/c19-17-13-7-5-11-15(17)9-3-1-2-4-10-16-12-6-8-14-18(16)20/h15-16H,1-14H2. The smallest absolute Gasteiger partial charge is 0.135 e. The SMILES string of the molecule is O=C1CCCCC1CCCCCCC1CCCCC1=O. The Morgan fingerprint density at radius 2 is 1.10 bits per heavy atom. The maximum Gasteiger partial charge on any atom is 0.135 e. The van der Waals surface area contributed by atoms with Gasteiger partial charge in [0.15, 0.2) is 0 Å². The molecule has 0 bridgehead atoms. The minimum Gasteiger partial charge on any atom is -0.299 e. The van der Waals surface area contributed by atoms with Crippen LogP contribution < -0.4 is 0 Å². The first kappa shape index (κ1) is 15.7. The van der Waals surface area contributed by atoms with Crippen molar-refractivity contribution in [1.82, 2.24) is 0 Å². The number of hydrogen-bond acceptors (Lipinski definition) is 2. The predicted octanol–water partition coefficient (Wildman–Crippen LogP) is 4.85. The van der Waals surface area contributed by atoms with Gasteiger partial charge < -0.3 is 0 Å². The van der Waals surface area contributed by atoms with Crippen LogP contribution in [0, 0.1) is 11.8 Å². The molecule has 2 aliphatic rings. The van der Waals surface area contributed by atoms with Gasteiger partial charge in [0.1, 0.15) is 11.6 Å². The number of ketones is 2. The molecule has 2 unspecified atom stereocenters. The van der Waals surface area contributed by atoms with Crippen molar-refractivity contribution in [1.29, 1.82) is 0 Å². The molecule has 0 radical (unpaired) electrons. The lowest BCUT2D eigenvalue weighted by Crippen LogP contribution is -2.19. The van der Waals surface area contributed by atoms with Crippen LogP contribution in [0.3, 0.4) is 0 Å². The van der Waals surface area contributed by atoms with E-state index in [4.69, 9.17) is 0 Å². The first-order chi connectivity index (χ1) is 9.77. The van der Waals surface area contributed by atoms with E-state index >= 15 is 0 Å². The molecule has 0 aromatic rings. The molecule has 20 heavy (non-hydrogen) atoms. The first-order valence-corrected chi connectivity index (χ1v) is 8.83. The molecule has 2 nitrogen and oxygen atoms in total. The molecular formula is C18H30O2. The second-order valence-corrected chi connectivity index (χ2v) is 6.81. The summed E-state index contributed by atoms with van der Waals surface area (Å²) in [6.45, 7) is 0. The lowest BCUT2D eigenvalue weighted by Gasteiger charge is -2.21. The highest BCUT2D eigenvalue weighted by atomic mass is 16.1. The van der Waals surface area contributed by atoms with Gasteiger partial charge in [-0.05, 0) is 38.5 Å². The molecule has 2 fully saturated rings. The second kappa shape index (κ2) is 8.59. The van der Waals surface area contributed by atoms with E-state index in [9.17, 15) is 9.59 Å². The predicted molar refractivity (Wildman–Crippen MR) is 81.6 cm³/mol. The van der Waals surface area contributed by atoms with Gasteiger partial charge in [-0.1, -0.05) is 38.5 Å². The summed E-state index contributed by atoms with van der Waals surface area (Å²) in [5, 5.41) is 0. The minimum absolute atomic E-state index is 0.378. The molecule has 0 spiro atoms. The molecular weight excluding hydrogens is 248 g/mol. The first-order valence-electron chi connectivity index (χ1n) is 8.83. The summed E-state index contributed by atoms with van der Waals surface area (Å²) in [6.07, 6.45) is 15.8. The van der Waals surface area contributed by atoms with Gasteiger partial charge in [-0.15, -0.1) is 0 Å². The summed E-state index contributed by atoms with van der Waals surface area (Å²) in [7, 11) is 0. The van der Waals surface area contributed by atoms with Crippen LogP contribution in [0.15, 0.2) is 0 Å². The van der Waals surface area contributed by atoms with Gasteiger partial charge in [0.05, 0.1) is 0 Å². The third kappa shape index (κ3) is 5.03. The molecule has 0 heterocycles. The number of unbranched alkanes of at least 4 members (excludes halogenated alkanes) is 3. The van der Waals surface area contributed by atoms with E-state index in [1.807, 2.05) is 0 Å². The highest BCUT2D eigenvalue weighted by Crippen LogP contribution is 2.27. The highest BCUT2D eigenvalue weighted by Gasteiger charge is 2.22. The van der Waals surface area contributed by atoms with Gasteiger partial charge in [-0.25, -0.2) is 0 Å². The number of carbonyl (C=O) groups excluding carboxylic acids is 2. The van der Waals surface area contributed by atoms with Crippen LogP contribution in [0.5, 0.6) is 0 Å². The molecule has 0 N–H and O–H groups in total. The van der Waals surface area contributed by atoms with E-state index in [-0.39, 0.29) is 0 Å². The van der Waals surface area contributed by atoms with Gasteiger partial charge in [-0.2, -0.15) is 0 Å². The number of hydrogen-bond donors (Lipinski definition) is 0. The van der Waals surface area contributed by atoms with Crippen LogP contribution in [0.2, 0.25) is 0 Å². The topological polar surface area (TPSA) is 34.1 Å². The van der Waals surface area contributed by atoms with Crippen molar-refractivity contribution >= 4 is 11.6 Å². The molecule has 2 atom stereocenters. The number of carbonyl (C=O) groups is 2. The summed E-state index contributed by atoms with van der Waals surface area (Å²) < 4.78 is 0. The minimum atomic E-state index is 0.378. The molecule has 0 saturated heterocycles. The largest absolute Gasteiger partial charge is 0.299 e. The van der Waals surface area contributed by atoms with Crippen molar-refractivity contribution in [3.63, 3.8) is 0 Å². The van der Waals surface area contributed by atoms with Crippen LogP contribution >= 0.6 is 0 Å². The molecule has 0 aromatic carbocycles. The lowest BCUT2D eigenvalue weighted by molar-refractivity contribution is -0.125. The molecule has 2 aliphatic carbocycles. The van der Waals surface area contributed by atoms with Gasteiger partial charge in [0.25, 0.3) is 0 Å². The number of Topliss-reactive ketones (excluding diaryl/α,β-unsaturated/α-hetero) is 2. The third-order valence-electron chi connectivity index (χ3n) is 5.22. The number of rotatable bonds is 7. The zero-order chi connectivity index (χ0) is 14.2. The summed E-state index contributed by atoms with van der Waals surface area (Å²) >= 11 is 0. The zero-order valence-electron chi connectivity index (χ0n) is 12.9. The molecule has 0 amide bonds. The summed E-state index contributed by atoms with van der Waals surface area (Å²) in [5.74, 6) is 1.79. The summed E-state index contributed by atoms with van der Waals surface area (Å²) in [6, 6.07) is 0. The van der Waals surface area contributed by atoms with Crippen molar-refractivity contribution in [2.45, 2.75) is 89.9 Å². The Balaban J connectivity index is 1.49. The zero-order valence-corrected chi connectivity index (χ0v) is 12.9. The second-order valence-electron chi connectivity index (χ2n) is 6.81.